The maximum Gasteiger partial charge on any atom is 0.416 e. The summed E-state index contributed by atoms with van der Waals surface area (Å²) in [5.41, 5.74) is -0.603. The molecule has 0 heterocycles. The zero-order chi connectivity index (χ0) is 24.8. The van der Waals surface area contributed by atoms with E-state index in [4.69, 9.17) is 27.7 Å². The minimum absolute atomic E-state index is 0.0462. The Kier molecular flexibility index (Phi) is 8.35. The third kappa shape index (κ3) is 6.63. The molecule has 33 heavy (non-hydrogen) atoms. The van der Waals surface area contributed by atoms with Crippen molar-refractivity contribution in [3.8, 4) is 6.07 Å². The molecule has 1 aromatic rings. The molecule has 8 nitrogen and oxygen atoms in total. The van der Waals surface area contributed by atoms with Crippen molar-refractivity contribution >= 4 is 35.5 Å². The summed E-state index contributed by atoms with van der Waals surface area (Å²) in [4.78, 5) is 24.2. The first-order valence-electron chi connectivity index (χ1n) is 9.71. The van der Waals surface area contributed by atoms with Crippen LogP contribution in [0.2, 0.25) is 5.02 Å². The predicted molar refractivity (Wildman–Crippen MR) is 114 cm³/mol. The van der Waals surface area contributed by atoms with Crippen LogP contribution in [0.15, 0.2) is 35.9 Å². The third-order valence-corrected chi connectivity index (χ3v) is 5.42. The molecule has 0 radical (unpaired) electrons. The van der Waals surface area contributed by atoms with Gasteiger partial charge in [0.1, 0.15) is 17.5 Å². The molecule has 12 heteroatoms. The molecule has 1 aliphatic rings. The number of nitrogens with zero attached hydrogens (tertiary/aromatic N) is 2. The fourth-order valence-electron chi connectivity index (χ4n) is 3.06. The number of benzene rings is 1. The van der Waals surface area contributed by atoms with Gasteiger partial charge in [-0.3, -0.25) is 10.3 Å². The van der Waals surface area contributed by atoms with Gasteiger partial charge in [0.15, 0.2) is 6.10 Å². The fourth-order valence-corrected chi connectivity index (χ4v) is 3.19. The molecule has 0 saturated heterocycles. The largest absolute Gasteiger partial charge is 0.416 e. The first-order valence-corrected chi connectivity index (χ1v) is 10.1. The van der Waals surface area contributed by atoms with Crippen LogP contribution in [0.1, 0.15) is 24.8 Å². The number of hydrogen-bond acceptors (Lipinski definition) is 6. The van der Waals surface area contributed by atoms with Gasteiger partial charge in [-0.25, -0.2) is 4.79 Å². The number of hydrogen-bond donors (Lipinski definition) is 4. The van der Waals surface area contributed by atoms with Gasteiger partial charge < -0.3 is 20.6 Å². The van der Waals surface area contributed by atoms with E-state index in [0.717, 1.165) is 0 Å². The Morgan fingerprint density at radius 3 is 2.48 bits per heavy atom. The summed E-state index contributed by atoms with van der Waals surface area (Å²) in [5.74, 6) is -0.597. The number of rotatable bonds is 7. The van der Waals surface area contributed by atoms with E-state index in [1.807, 2.05) is 6.07 Å². The Balaban J connectivity index is 2.13. The number of urea groups is 1. The predicted octanol–water partition coefficient (Wildman–Crippen LogP) is 3.44. The molecule has 176 valence electrons. The molecule has 0 aliphatic heterocycles. The van der Waals surface area contributed by atoms with Crippen LogP contribution in [0.4, 0.5) is 18.0 Å². The van der Waals surface area contributed by atoms with E-state index in [2.05, 4.69) is 5.32 Å². The van der Waals surface area contributed by atoms with Gasteiger partial charge in [-0.2, -0.15) is 18.4 Å². The van der Waals surface area contributed by atoms with Crippen molar-refractivity contribution < 1.29 is 27.9 Å². The zero-order valence-corrected chi connectivity index (χ0v) is 18.0. The molecule has 0 aromatic heterocycles. The lowest BCUT2D eigenvalue weighted by atomic mass is 9.76. The Labute approximate surface area is 192 Å². The average molecular weight is 484 g/mol. The maximum atomic E-state index is 12.9. The molecule has 1 aromatic carbocycles. The Morgan fingerprint density at radius 1 is 1.36 bits per heavy atom. The molecule has 0 fully saturated rings. The number of nitriles is 1. The molecule has 2 atom stereocenters. The number of nitrogens with one attached hydrogen (secondary N) is 3. The van der Waals surface area contributed by atoms with Crippen LogP contribution in [0.25, 0.3) is 0 Å². The molecule has 0 spiro atoms. The first-order chi connectivity index (χ1) is 15.4. The monoisotopic (exact) mass is 483 g/mol. The van der Waals surface area contributed by atoms with Crippen molar-refractivity contribution in [3.63, 3.8) is 0 Å². The second-order valence-corrected chi connectivity index (χ2v) is 7.92. The van der Waals surface area contributed by atoms with Crippen LogP contribution >= 0.6 is 11.6 Å². The van der Waals surface area contributed by atoms with E-state index in [9.17, 15) is 27.9 Å². The highest BCUT2D eigenvalue weighted by Crippen LogP contribution is 2.33. The van der Waals surface area contributed by atoms with E-state index < -0.39 is 36.1 Å². The molecule has 0 saturated carbocycles. The molecule has 0 bridgehead atoms. The van der Waals surface area contributed by atoms with Gasteiger partial charge in [0, 0.05) is 10.6 Å². The van der Waals surface area contributed by atoms with Gasteiger partial charge >= 0.3 is 12.2 Å². The molecular weight excluding hydrogens is 463 g/mol. The summed E-state index contributed by atoms with van der Waals surface area (Å²) in [6, 6.07) is 6.31. The number of amidine groups is 1. The minimum atomic E-state index is -5.01. The summed E-state index contributed by atoms with van der Waals surface area (Å²) < 4.78 is 38.7. The zero-order valence-electron chi connectivity index (χ0n) is 17.2. The average Bonchev–Trinajstić information content (AvgIpc) is 2.80. The number of aliphatic hydroxyl groups excluding tert-OH is 1. The van der Waals surface area contributed by atoms with Gasteiger partial charge in [0.05, 0.1) is 24.9 Å². The second-order valence-electron chi connectivity index (χ2n) is 7.48. The fraction of sp³-hybridized carbons (Fsp3) is 0.381. The van der Waals surface area contributed by atoms with E-state index in [1.54, 1.807) is 6.08 Å². The van der Waals surface area contributed by atoms with Gasteiger partial charge in [-0.05, 0) is 49.1 Å². The van der Waals surface area contributed by atoms with E-state index >= 15 is 0 Å². The molecule has 2 amide bonds. The van der Waals surface area contributed by atoms with Crippen molar-refractivity contribution in [2.45, 2.75) is 31.5 Å². The van der Waals surface area contributed by atoms with Crippen LogP contribution in [0.5, 0.6) is 0 Å². The highest BCUT2D eigenvalue weighted by atomic mass is 35.5. The van der Waals surface area contributed by atoms with Crippen molar-refractivity contribution in [1.82, 2.24) is 10.2 Å². The number of amides is 2. The molecular formula is C21H21ClF3N5O3. The normalized spacial score (nSPS) is 19.0. The summed E-state index contributed by atoms with van der Waals surface area (Å²) in [5, 5.41) is 37.5. The second kappa shape index (κ2) is 10.6. The third-order valence-electron chi connectivity index (χ3n) is 5.17. The highest BCUT2D eigenvalue weighted by molar-refractivity contribution is 6.30. The smallest absolute Gasteiger partial charge is 0.382 e. The molecule has 4 N–H and O–H groups in total. The van der Waals surface area contributed by atoms with Crippen LogP contribution < -0.4 is 5.32 Å². The number of aldehydes is 1. The van der Waals surface area contributed by atoms with Crippen LogP contribution in [-0.2, 0) is 4.79 Å². The highest BCUT2D eigenvalue weighted by Gasteiger charge is 2.41. The summed E-state index contributed by atoms with van der Waals surface area (Å²) in [6.45, 7) is -1.59. The molecule has 2 rings (SSSR count). The number of alkyl halides is 3. The number of aliphatic hydroxyl groups is 1. The van der Waals surface area contributed by atoms with E-state index in [0.29, 0.717) is 21.8 Å². The number of allylic oxidation sites excluding steroid dienone is 1. The van der Waals surface area contributed by atoms with E-state index in [-0.39, 0.29) is 37.1 Å². The number of halogens is 4. The van der Waals surface area contributed by atoms with Crippen molar-refractivity contribution in [3.05, 3.63) is 46.5 Å². The SMILES string of the molecule is N#CC1(C=O)CC=C(C(=N)CNC(=O)N(C[C@H](O)C(F)(F)F)C(=N)c2ccc(Cl)cc2)CC1. The van der Waals surface area contributed by atoms with Crippen molar-refractivity contribution in [2.24, 2.45) is 5.41 Å². The topological polar surface area (TPSA) is 141 Å². The van der Waals surface area contributed by atoms with Crippen LogP contribution in [0.3, 0.4) is 0 Å². The first kappa shape index (κ1) is 26.0. The molecule has 1 unspecified atom stereocenters. The summed E-state index contributed by atoms with van der Waals surface area (Å²) >= 11 is 5.78. The summed E-state index contributed by atoms with van der Waals surface area (Å²) in [6.07, 6.45) is -5.21. The van der Waals surface area contributed by atoms with Gasteiger partial charge in [0.2, 0.25) is 0 Å². The quantitative estimate of drug-likeness (QED) is 0.268. The Hall–Kier alpha value is -3.23. The lowest BCUT2D eigenvalue weighted by Gasteiger charge is -2.28. The summed E-state index contributed by atoms with van der Waals surface area (Å²) in [7, 11) is 0. The number of carbonyl (C=O) groups is 2. The Morgan fingerprint density at radius 2 is 2.00 bits per heavy atom. The van der Waals surface area contributed by atoms with Crippen LogP contribution in [-0.4, -0.2) is 59.2 Å². The van der Waals surface area contributed by atoms with Crippen molar-refractivity contribution in [2.75, 3.05) is 13.1 Å². The maximum absolute atomic E-state index is 12.9. The lowest BCUT2D eigenvalue weighted by Crippen LogP contribution is -2.51. The van der Waals surface area contributed by atoms with Gasteiger partial charge in [-0.15, -0.1) is 0 Å². The van der Waals surface area contributed by atoms with Crippen LogP contribution in [0, 0.1) is 27.6 Å². The number of carbonyl (C=O) groups excluding carboxylic acids is 2. The standard InChI is InChI=1S/C21H21ClF3N5O3/c22-15-3-1-14(2-4-15)18(28)30(10-17(32)21(23,24)25)19(33)29-9-16(27)13-5-7-20(11-26,12-31)8-6-13/h1-5,12,17,27-28,32H,6-10H2,(H,29,33)/t17-,20?/m0/s1. The minimum Gasteiger partial charge on any atom is -0.382 e. The molecule has 1 aliphatic carbocycles. The van der Waals surface area contributed by atoms with Gasteiger partial charge in [0.25, 0.3) is 0 Å². The van der Waals surface area contributed by atoms with Gasteiger partial charge in [-0.1, -0.05) is 17.7 Å². The Bertz CT molecular complexity index is 1000. The van der Waals surface area contributed by atoms with E-state index in [1.165, 1.54) is 24.3 Å². The lowest BCUT2D eigenvalue weighted by molar-refractivity contribution is -0.204. The van der Waals surface area contributed by atoms with Crippen molar-refractivity contribution in [1.29, 1.82) is 16.1 Å².